The summed E-state index contributed by atoms with van der Waals surface area (Å²) in [5.41, 5.74) is 4.51. The molecule has 1 N–H and O–H groups in total. The third-order valence-corrected chi connectivity index (χ3v) is 7.13. The van der Waals surface area contributed by atoms with Crippen LogP contribution in [0.25, 0.3) is 10.2 Å². The monoisotopic (exact) mass is 487 g/mol. The molecule has 1 amide bonds. The molecule has 158 valence electrons. The number of aromatic nitrogens is 1. The van der Waals surface area contributed by atoms with Crippen LogP contribution in [0, 0.1) is 19.8 Å². The van der Waals surface area contributed by atoms with Crippen LogP contribution in [0.15, 0.2) is 34.8 Å². The first-order valence-electron chi connectivity index (χ1n) is 10.2. The minimum atomic E-state index is -0.0354. The van der Waals surface area contributed by atoms with Crippen LogP contribution in [0.5, 0.6) is 5.75 Å². The van der Waals surface area contributed by atoms with E-state index in [0.717, 1.165) is 45.8 Å². The number of methoxy groups -OCH3 is 1. The molecule has 7 heteroatoms. The van der Waals surface area contributed by atoms with E-state index in [1.807, 2.05) is 18.2 Å². The van der Waals surface area contributed by atoms with E-state index >= 15 is 0 Å². The van der Waals surface area contributed by atoms with Crippen LogP contribution < -0.4 is 15.0 Å². The molecule has 1 aromatic heterocycles. The molecule has 1 unspecified atom stereocenters. The standard InChI is InChI=1S/C23H26BrN3O2S/c1-14-9-15(2)21-20(10-14)30-23(26-21)27-8-4-5-16(13-27)22(28)25-12-17-11-18(24)6-7-19(17)29-3/h6-7,9-11,16H,4-5,8,12-13H2,1-3H3,(H,25,28). The van der Waals surface area contributed by atoms with Crippen LogP contribution in [-0.4, -0.2) is 31.1 Å². The first-order chi connectivity index (χ1) is 14.4. The number of piperidine rings is 1. The molecule has 2 heterocycles. The Hall–Kier alpha value is -2.12. The molecule has 0 bridgehead atoms. The summed E-state index contributed by atoms with van der Waals surface area (Å²) in [4.78, 5) is 20.1. The number of hydrogen-bond donors (Lipinski definition) is 1. The number of nitrogens with zero attached hydrogens (tertiary/aromatic N) is 2. The molecular formula is C23H26BrN3O2S. The number of halogens is 1. The molecule has 5 nitrogen and oxygen atoms in total. The third-order valence-electron chi connectivity index (χ3n) is 5.58. The van der Waals surface area contributed by atoms with Crippen LogP contribution in [-0.2, 0) is 11.3 Å². The first kappa shape index (κ1) is 21.1. The van der Waals surface area contributed by atoms with Crippen LogP contribution in [0.3, 0.4) is 0 Å². The number of carbonyl (C=O) groups is 1. The topological polar surface area (TPSA) is 54.5 Å². The predicted molar refractivity (Wildman–Crippen MR) is 127 cm³/mol. The van der Waals surface area contributed by atoms with Gasteiger partial charge in [-0.05, 0) is 62.1 Å². The Kier molecular flexibility index (Phi) is 6.29. The number of aryl methyl sites for hydroxylation is 2. The second-order valence-electron chi connectivity index (χ2n) is 7.88. The second kappa shape index (κ2) is 8.94. The molecule has 3 aromatic rings. The number of amides is 1. The highest BCUT2D eigenvalue weighted by Crippen LogP contribution is 2.34. The van der Waals surface area contributed by atoms with Gasteiger partial charge in [0.2, 0.25) is 5.91 Å². The van der Waals surface area contributed by atoms with E-state index in [2.05, 4.69) is 52.1 Å². The van der Waals surface area contributed by atoms with Gasteiger partial charge in [0, 0.05) is 29.7 Å². The molecule has 1 atom stereocenters. The summed E-state index contributed by atoms with van der Waals surface area (Å²) in [6.45, 7) is 6.34. The average Bonchev–Trinajstić information content (AvgIpc) is 3.16. The summed E-state index contributed by atoms with van der Waals surface area (Å²) in [6.07, 6.45) is 1.90. The maximum Gasteiger partial charge on any atom is 0.225 e. The average molecular weight is 488 g/mol. The van der Waals surface area contributed by atoms with E-state index in [4.69, 9.17) is 9.72 Å². The summed E-state index contributed by atoms with van der Waals surface area (Å²) in [6, 6.07) is 10.2. The Morgan fingerprint density at radius 3 is 2.97 bits per heavy atom. The van der Waals surface area contributed by atoms with Gasteiger partial charge < -0.3 is 15.0 Å². The maximum absolute atomic E-state index is 12.9. The van der Waals surface area contributed by atoms with Gasteiger partial charge in [0.05, 0.1) is 23.2 Å². The van der Waals surface area contributed by atoms with E-state index in [1.165, 1.54) is 15.8 Å². The lowest BCUT2D eigenvalue weighted by Crippen LogP contribution is -2.43. The van der Waals surface area contributed by atoms with Crippen molar-refractivity contribution < 1.29 is 9.53 Å². The van der Waals surface area contributed by atoms with Crippen molar-refractivity contribution in [2.75, 3.05) is 25.1 Å². The highest BCUT2D eigenvalue weighted by atomic mass is 79.9. The van der Waals surface area contributed by atoms with Crippen molar-refractivity contribution in [3.63, 3.8) is 0 Å². The molecule has 0 aliphatic carbocycles. The Labute approximate surface area is 189 Å². The van der Waals surface area contributed by atoms with Gasteiger partial charge >= 0.3 is 0 Å². The summed E-state index contributed by atoms with van der Waals surface area (Å²) in [5, 5.41) is 4.12. The number of thiazole rings is 1. The highest BCUT2D eigenvalue weighted by Gasteiger charge is 2.27. The van der Waals surface area contributed by atoms with Gasteiger partial charge in [-0.25, -0.2) is 4.98 Å². The van der Waals surface area contributed by atoms with Gasteiger partial charge in [-0.1, -0.05) is 33.3 Å². The lowest BCUT2D eigenvalue weighted by Gasteiger charge is -2.31. The number of ether oxygens (including phenoxy) is 1. The molecule has 4 rings (SSSR count). The Morgan fingerprint density at radius 2 is 2.17 bits per heavy atom. The summed E-state index contributed by atoms with van der Waals surface area (Å²) in [5.74, 6) is 0.838. The number of benzene rings is 2. The van der Waals surface area contributed by atoms with Crippen molar-refractivity contribution in [1.82, 2.24) is 10.3 Å². The van der Waals surface area contributed by atoms with Gasteiger partial charge in [-0.15, -0.1) is 0 Å². The molecule has 0 saturated carbocycles. The number of hydrogen-bond acceptors (Lipinski definition) is 5. The number of fused-ring (bicyclic) bond motifs is 1. The molecular weight excluding hydrogens is 462 g/mol. The normalized spacial score (nSPS) is 16.7. The van der Waals surface area contributed by atoms with Crippen LogP contribution >= 0.6 is 27.3 Å². The minimum Gasteiger partial charge on any atom is -0.496 e. The zero-order valence-electron chi connectivity index (χ0n) is 17.5. The molecule has 30 heavy (non-hydrogen) atoms. The second-order valence-corrected chi connectivity index (χ2v) is 9.81. The summed E-state index contributed by atoms with van der Waals surface area (Å²) >= 11 is 5.21. The lowest BCUT2D eigenvalue weighted by atomic mass is 9.97. The molecule has 0 spiro atoms. The van der Waals surface area contributed by atoms with Crippen molar-refractivity contribution in [3.8, 4) is 5.75 Å². The van der Waals surface area contributed by atoms with Crippen molar-refractivity contribution in [3.05, 3.63) is 51.5 Å². The maximum atomic E-state index is 12.9. The first-order valence-corrected chi connectivity index (χ1v) is 11.8. The molecule has 2 aromatic carbocycles. The van der Waals surface area contributed by atoms with E-state index in [-0.39, 0.29) is 11.8 Å². The fourth-order valence-electron chi connectivity index (χ4n) is 4.07. The summed E-state index contributed by atoms with van der Waals surface area (Å²) in [7, 11) is 1.65. The van der Waals surface area contributed by atoms with Crippen molar-refractivity contribution in [2.24, 2.45) is 5.92 Å². The number of anilines is 1. The lowest BCUT2D eigenvalue weighted by molar-refractivity contribution is -0.125. The molecule has 0 radical (unpaired) electrons. The largest absolute Gasteiger partial charge is 0.496 e. The number of rotatable bonds is 5. The van der Waals surface area contributed by atoms with E-state index < -0.39 is 0 Å². The smallest absolute Gasteiger partial charge is 0.225 e. The zero-order chi connectivity index (χ0) is 21.3. The van der Waals surface area contributed by atoms with Crippen LogP contribution in [0.2, 0.25) is 0 Å². The van der Waals surface area contributed by atoms with Crippen LogP contribution in [0.4, 0.5) is 5.13 Å². The molecule has 1 saturated heterocycles. The van der Waals surface area contributed by atoms with Crippen LogP contribution in [0.1, 0.15) is 29.5 Å². The van der Waals surface area contributed by atoms with Crippen molar-refractivity contribution in [2.45, 2.75) is 33.2 Å². The van der Waals surface area contributed by atoms with Gasteiger partial charge in [0.15, 0.2) is 5.13 Å². The number of nitrogens with one attached hydrogen (secondary N) is 1. The highest BCUT2D eigenvalue weighted by molar-refractivity contribution is 9.10. The van der Waals surface area contributed by atoms with Gasteiger partial charge in [-0.2, -0.15) is 0 Å². The number of carbonyl (C=O) groups excluding carboxylic acids is 1. The minimum absolute atomic E-state index is 0.0354. The molecule has 1 fully saturated rings. The SMILES string of the molecule is COc1ccc(Br)cc1CNC(=O)C1CCCN(c2nc3c(C)cc(C)cc3s2)C1. The molecule has 1 aliphatic rings. The fraction of sp³-hybridized carbons (Fsp3) is 0.391. The van der Waals surface area contributed by atoms with Gasteiger partial charge in [0.1, 0.15) is 5.75 Å². The predicted octanol–water partition coefficient (Wildman–Crippen LogP) is 5.22. The van der Waals surface area contributed by atoms with E-state index in [1.54, 1.807) is 18.4 Å². The summed E-state index contributed by atoms with van der Waals surface area (Å²) < 4.78 is 7.60. The fourth-order valence-corrected chi connectivity index (χ4v) is 5.66. The van der Waals surface area contributed by atoms with E-state index in [0.29, 0.717) is 13.1 Å². The van der Waals surface area contributed by atoms with Crippen molar-refractivity contribution in [1.29, 1.82) is 0 Å². The quantitative estimate of drug-likeness (QED) is 0.535. The zero-order valence-corrected chi connectivity index (χ0v) is 19.9. The Bertz CT molecular complexity index is 1080. The van der Waals surface area contributed by atoms with Crippen molar-refractivity contribution >= 4 is 48.5 Å². The Balaban J connectivity index is 1.44. The Morgan fingerprint density at radius 1 is 1.33 bits per heavy atom. The van der Waals surface area contributed by atoms with E-state index in [9.17, 15) is 4.79 Å². The third kappa shape index (κ3) is 4.47. The van der Waals surface area contributed by atoms with Gasteiger partial charge in [0.25, 0.3) is 0 Å². The molecule has 1 aliphatic heterocycles. The van der Waals surface area contributed by atoms with Gasteiger partial charge in [-0.3, -0.25) is 4.79 Å².